The molecular formula is C59H38N2S. The second-order valence-corrected chi connectivity index (χ2v) is 17.4. The molecule has 2 aliphatic rings. The molecule has 0 fully saturated rings. The SMILES string of the molecule is c1ccc(N(c2ccccc2)c2ccc3c(c2)-c2ccccc2C32c3ccccc3-c3c2cc2ccccc2c3N(c2ccccc2)c2cccc3c2sc2ccccc23)cc1. The van der Waals surface area contributed by atoms with E-state index < -0.39 is 5.41 Å². The lowest BCUT2D eigenvalue weighted by Crippen LogP contribution is -2.26. The molecule has 1 spiro atoms. The third-order valence-corrected chi connectivity index (χ3v) is 14.4. The van der Waals surface area contributed by atoms with Crippen LogP contribution in [0, 0.1) is 0 Å². The maximum absolute atomic E-state index is 2.57. The topological polar surface area (TPSA) is 6.48 Å². The Morgan fingerprint density at radius 2 is 0.887 bits per heavy atom. The second kappa shape index (κ2) is 13.7. The Bertz CT molecular complexity index is 3500. The first-order valence-electron chi connectivity index (χ1n) is 21.4. The summed E-state index contributed by atoms with van der Waals surface area (Å²) in [5.74, 6) is 0. The summed E-state index contributed by atoms with van der Waals surface area (Å²) in [6, 6.07) is 85.2. The van der Waals surface area contributed by atoms with Crippen molar-refractivity contribution < 1.29 is 0 Å². The molecule has 0 saturated heterocycles. The predicted octanol–water partition coefficient (Wildman–Crippen LogP) is 16.5. The van der Waals surface area contributed by atoms with E-state index in [1.165, 1.54) is 86.8 Å². The molecule has 0 bridgehead atoms. The van der Waals surface area contributed by atoms with Crippen LogP contribution in [0.4, 0.5) is 34.1 Å². The molecule has 13 rings (SSSR count). The molecule has 10 aromatic carbocycles. The third-order valence-electron chi connectivity index (χ3n) is 13.2. The molecule has 0 aliphatic heterocycles. The van der Waals surface area contributed by atoms with Crippen LogP contribution in [-0.2, 0) is 5.41 Å². The van der Waals surface area contributed by atoms with Crippen LogP contribution in [0.3, 0.4) is 0 Å². The Hall–Kier alpha value is -7.72. The summed E-state index contributed by atoms with van der Waals surface area (Å²) in [7, 11) is 0. The average Bonchev–Trinajstić information content (AvgIpc) is 3.97. The first-order valence-corrected chi connectivity index (χ1v) is 22.2. The van der Waals surface area contributed by atoms with Crippen molar-refractivity contribution in [3.63, 3.8) is 0 Å². The number of thiophene rings is 1. The number of hydrogen-bond acceptors (Lipinski definition) is 3. The fourth-order valence-corrected chi connectivity index (χ4v) is 12.0. The Morgan fingerprint density at radius 3 is 1.61 bits per heavy atom. The van der Waals surface area contributed by atoms with Crippen molar-refractivity contribution in [2.75, 3.05) is 9.80 Å². The highest BCUT2D eigenvalue weighted by Crippen LogP contribution is 2.66. The molecule has 2 aliphatic carbocycles. The molecule has 62 heavy (non-hydrogen) atoms. The molecule has 290 valence electrons. The summed E-state index contributed by atoms with van der Waals surface area (Å²) in [6.45, 7) is 0. The first kappa shape index (κ1) is 35.1. The minimum Gasteiger partial charge on any atom is -0.310 e. The standard InChI is InChI=1S/C59H38N2S/c1-4-20-40(21-5-1)60(41-22-6-2-7-23-41)43-35-36-52-49(38-43)45-27-12-15-31-50(45)59(52)51-32-16-13-29-48(51)56-53(59)37-39-19-10-11-26-44(39)57(56)61(42-24-8-3-9-25-42)54-33-18-30-47-46-28-14-17-34-55(46)62-58(47)54/h1-38H. The Balaban J connectivity index is 1.13. The lowest BCUT2D eigenvalue weighted by molar-refractivity contribution is 0.795. The van der Waals surface area contributed by atoms with E-state index in [1.807, 2.05) is 11.3 Å². The quantitative estimate of drug-likeness (QED) is 0.165. The monoisotopic (exact) mass is 806 g/mol. The van der Waals surface area contributed by atoms with E-state index in [4.69, 9.17) is 0 Å². The lowest BCUT2D eigenvalue weighted by atomic mass is 9.70. The number of benzene rings is 10. The molecule has 1 unspecified atom stereocenters. The number of anilines is 6. The molecule has 3 heteroatoms. The molecule has 1 aromatic heterocycles. The molecule has 1 heterocycles. The largest absolute Gasteiger partial charge is 0.310 e. The van der Waals surface area contributed by atoms with Gasteiger partial charge in [-0.3, -0.25) is 0 Å². The van der Waals surface area contributed by atoms with E-state index in [0.29, 0.717) is 0 Å². The maximum atomic E-state index is 2.57. The van der Waals surface area contributed by atoms with Crippen LogP contribution in [0.15, 0.2) is 231 Å². The zero-order valence-corrected chi connectivity index (χ0v) is 34.6. The summed E-state index contributed by atoms with van der Waals surface area (Å²) in [5.41, 5.74) is 16.7. The van der Waals surface area contributed by atoms with Gasteiger partial charge in [-0.05, 0) is 111 Å². The van der Waals surface area contributed by atoms with E-state index in [9.17, 15) is 0 Å². The lowest BCUT2D eigenvalue weighted by Gasteiger charge is -2.33. The molecule has 0 saturated carbocycles. The van der Waals surface area contributed by atoms with Gasteiger partial charge in [0.2, 0.25) is 0 Å². The van der Waals surface area contributed by atoms with Gasteiger partial charge in [0.05, 0.1) is 21.5 Å². The maximum Gasteiger partial charge on any atom is 0.0726 e. The molecule has 0 amide bonds. The van der Waals surface area contributed by atoms with Gasteiger partial charge < -0.3 is 9.80 Å². The van der Waals surface area contributed by atoms with Gasteiger partial charge in [-0.15, -0.1) is 11.3 Å². The van der Waals surface area contributed by atoms with Crippen molar-refractivity contribution in [1.82, 2.24) is 0 Å². The van der Waals surface area contributed by atoms with Gasteiger partial charge in [-0.2, -0.15) is 0 Å². The van der Waals surface area contributed by atoms with Gasteiger partial charge in [-0.1, -0.05) is 164 Å². The van der Waals surface area contributed by atoms with Crippen molar-refractivity contribution in [2.45, 2.75) is 5.41 Å². The first-order chi connectivity index (χ1) is 30.8. The summed E-state index contributed by atoms with van der Waals surface area (Å²) < 4.78 is 2.58. The summed E-state index contributed by atoms with van der Waals surface area (Å²) >= 11 is 1.89. The van der Waals surface area contributed by atoms with Crippen molar-refractivity contribution in [2.24, 2.45) is 0 Å². The Kier molecular flexibility index (Phi) is 7.72. The normalized spacial score (nSPS) is 14.5. The van der Waals surface area contributed by atoms with Crippen LogP contribution in [0.1, 0.15) is 22.3 Å². The van der Waals surface area contributed by atoms with Crippen LogP contribution in [0.2, 0.25) is 0 Å². The van der Waals surface area contributed by atoms with Crippen molar-refractivity contribution >= 4 is 76.4 Å². The number of rotatable bonds is 6. The molecule has 0 N–H and O–H groups in total. The van der Waals surface area contributed by atoms with Crippen LogP contribution >= 0.6 is 11.3 Å². The van der Waals surface area contributed by atoms with Gasteiger partial charge >= 0.3 is 0 Å². The van der Waals surface area contributed by atoms with Crippen molar-refractivity contribution in [3.05, 3.63) is 253 Å². The molecule has 2 nitrogen and oxygen atoms in total. The third kappa shape index (κ3) is 4.91. The molecule has 0 radical (unpaired) electrons. The van der Waals surface area contributed by atoms with E-state index in [2.05, 4.69) is 240 Å². The van der Waals surface area contributed by atoms with Gasteiger partial charge in [0.25, 0.3) is 0 Å². The van der Waals surface area contributed by atoms with Gasteiger partial charge in [0.15, 0.2) is 0 Å². The number of para-hydroxylation sites is 3. The van der Waals surface area contributed by atoms with Crippen molar-refractivity contribution in [1.29, 1.82) is 0 Å². The smallest absolute Gasteiger partial charge is 0.0726 e. The fourth-order valence-electron chi connectivity index (χ4n) is 10.8. The predicted molar refractivity (Wildman–Crippen MR) is 263 cm³/mol. The molecular weight excluding hydrogens is 769 g/mol. The zero-order valence-electron chi connectivity index (χ0n) is 33.7. The highest BCUT2D eigenvalue weighted by molar-refractivity contribution is 7.26. The summed E-state index contributed by atoms with van der Waals surface area (Å²) in [6.07, 6.45) is 0. The highest BCUT2D eigenvalue weighted by atomic mass is 32.1. The minimum absolute atomic E-state index is 0.550. The van der Waals surface area contributed by atoms with Gasteiger partial charge in [0, 0.05) is 49.2 Å². The average molecular weight is 807 g/mol. The highest BCUT2D eigenvalue weighted by Gasteiger charge is 2.53. The number of hydrogen-bond donors (Lipinski definition) is 0. The molecule has 11 aromatic rings. The number of fused-ring (bicyclic) bond motifs is 14. The summed E-state index contributed by atoms with van der Waals surface area (Å²) in [4.78, 5) is 4.94. The van der Waals surface area contributed by atoms with E-state index >= 15 is 0 Å². The van der Waals surface area contributed by atoms with Crippen LogP contribution in [0.5, 0.6) is 0 Å². The summed E-state index contributed by atoms with van der Waals surface area (Å²) in [5, 5.41) is 5.03. The van der Waals surface area contributed by atoms with Crippen molar-refractivity contribution in [3.8, 4) is 22.3 Å². The Morgan fingerprint density at radius 1 is 0.339 bits per heavy atom. The fraction of sp³-hybridized carbons (Fsp3) is 0.0169. The van der Waals surface area contributed by atoms with Gasteiger partial charge in [-0.25, -0.2) is 0 Å². The van der Waals surface area contributed by atoms with E-state index in [1.54, 1.807) is 0 Å². The second-order valence-electron chi connectivity index (χ2n) is 16.4. The number of nitrogens with zero attached hydrogens (tertiary/aromatic N) is 2. The van der Waals surface area contributed by atoms with E-state index in [-0.39, 0.29) is 0 Å². The van der Waals surface area contributed by atoms with Crippen LogP contribution in [-0.4, -0.2) is 0 Å². The zero-order chi connectivity index (χ0) is 40.8. The van der Waals surface area contributed by atoms with Crippen LogP contribution < -0.4 is 9.80 Å². The van der Waals surface area contributed by atoms with E-state index in [0.717, 1.165) is 22.7 Å². The van der Waals surface area contributed by atoms with Crippen LogP contribution in [0.25, 0.3) is 53.2 Å². The Labute approximate surface area is 364 Å². The minimum atomic E-state index is -0.550. The molecule has 1 atom stereocenters. The van der Waals surface area contributed by atoms with Gasteiger partial charge in [0.1, 0.15) is 0 Å².